The van der Waals surface area contributed by atoms with Gasteiger partial charge in [-0.05, 0) is 25.7 Å². The van der Waals surface area contributed by atoms with Crippen molar-refractivity contribution in [2.75, 3.05) is 19.0 Å². The number of aliphatic hydroxyl groups is 1. The van der Waals surface area contributed by atoms with E-state index in [0.717, 1.165) is 44.9 Å². The second-order valence-electron chi connectivity index (χ2n) is 10.5. The highest BCUT2D eigenvalue weighted by atomic mass is 32.2. The molecule has 10 heteroatoms. The fourth-order valence-corrected chi connectivity index (χ4v) is 6.60. The Bertz CT molecular complexity index is 703. The van der Waals surface area contributed by atoms with Crippen molar-refractivity contribution in [2.45, 2.75) is 153 Å². The third-order valence-electron chi connectivity index (χ3n) is 7.05. The summed E-state index contributed by atoms with van der Waals surface area (Å²) < 4.78 is 48.6. The summed E-state index contributed by atoms with van der Waals surface area (Å²) in [6, 6.07) is 0. The molecule has 0 aromatic heterocycles. The number of rotatable bonds is 28. The molecule has 8 nitrogen and oxygen atoms in total. The van der Waals surface area contributed by atoms with Gasteiger partial charge in [0.1, 0.15) is 8.46 Å². The predicted octanol–water partition coefficient (Wildman–Crippen LogP) is 6.74. The van der Waals surface area contributed by atoms with E-state index < -0.39 is 47.8 Å². The zero-order valence-electron chi connectivity index (χ0n) is 24.3. The number of carbonyl (C=O) groups is 1. The summed E-state index contributed by atoms with van der Waals surface area (Å²) in [5.41, 5.74) is 0. The van der Waals surface area contributed by atoms with Crippen LogP contribution >= 0.6 is 8.46 Å². The highest BCUT2D eigenvalue weighted by Crippen LogP contribution is 2.23. The molecule has 2 N–H and O–H groups in total. The molecule has 0 amide bonds. The van der Waals surface area contributed by atoms with Gasteiger partial charge >= 0.3 is 5.97 Å². The predicted molar refractivity (Wildman–Crippen MR) is 156 cm³/mol. The first-order valence-electron chi connectivity index (χ1n) is 15.0. The van der Waals surface area contributed by atoms with Crippen LogP contribution in [0.4, 0.5) is 0 Å². The lowest BCUT2D eigenvalue weighted by Gasteiger charge is -2.23. The molecule has 0 spiro atoms. The molecule has 4 unspecified atom stereocenters. The van der Waals surface area contributed by atoms with Gasteiger partial charge in [0.25, 0.3) is 0 Å². The standard InChI is InChI=1S/C28H57O8PS/c1-4-7-9-11-12-13-14-15-17-19-23-38(33,34)25(20-18-16-10-8-5-2)21-22-35-26(6-3)36-24-28(31,37-32)27(29)30/h25-26,31H,4-24,37H2,1-3H3,(H,29,30). The van der Waals surface area contributed by atoms with Crippen LogP contribution in [0.5, 0.6) is 0 Å². The maximum absolute atomic E-state index is 13.2. The van der Waals surface area contributed by atoms with Gasteiger partial charge in [-0.25, -0.2) is 13.2 Å². The summed E-state index contributed by atoms with van der Waals surface area (Å²) in [6.07, 6.45) is 17.4. The fraction of sp³-hybridized carbons (Fsp3) is 0.964. The molecule has 228 valence electrons. The van der Waals surface area contributed by atoms with Gasteiger partial charge in [-0.1, -0.05) is 111 Å². The van der Waals surface area contributed by atoms with E-state index >= 15 is 0 Å². The Morgan fingerprint density at radius 2 is 1.29 bits per heavy atom. The molecule has 0 saturated carbocycles. The molecule has 0 aromatic carbocycles. The van der Waals surface area contributed by atoms with Crippen molar-refractivity contribution in [3.8, 4) is 0 Å². The van der Waals surface area contributed by atoms with Crippen LogP contribution in [0.3, 0.4) is 0 Å². The summed E-state index contributed by atoms with van der Waals surface area (Å²) in [4.78, 5) is 11.1. The topological polar surface area (TPSA) is 127 Å². The van der Waals surface area contributed by atoms with Crippen LogP contribution in [0.15, 0.2) is 0 Å². The van der Waals surface area contributed by atoms with E-state index in [-0.39, 0.29) is 12.4 Å². The van der Waals surface area contributed by atoms with Gasteiger partial charge in [0, 0.05) is 0 Å². The van der Waals surface area contributed by atoms with E-state index in [0.29, 0.717) is 25.7 Å². The van der Waals surface area contributed by atoms with Crippen LogP contribution in [-0.2, 0) is 28.7 Å². The summed E-state index contributed by atoms with van der Waals surface area (Å²) in [6.45, 7) is 5.67. The SMILES string of the molecule is CCCCCCCCCCCCS(=O)(=O)C(CCCCCCC)CCOC(CC)OCC(O)([PH2]=O)C(=O)O. The van der Waals surface area contributed by atoms with Gasteiger partial charge in [0.2, 0.25) is 5.34 Å². The summed E-state index contributed by atoms with van der Waals surface area (Å²) in [7, 11) is -5.25. The number of carboxylic acids is 1. The zero-order chi connectivity index (χ0) is 28.7. The zero-order valence-corrected chi connectivity index (χ0v) is 26.3. The maximum atomic E-state index is 13.2. The number of ether oxygens (including phenoxy) is 2. The molecule has 0 rings (SSSR count). The molecule has 38 heavy (non-hydrogen) atoms. The van der Waals surface area contributed by atoms with Crippen LogP contribution in [0.1, 0.15) is 136 Å². The number of unbranched alkanes of at least 4 members (excludes halogenated alkanes) is 13. The normalized spacial score (nSPS) is 15.6. The van der Waals surface area contributed by atoms with Gasteiger partial charge in [-0.15, -0.1) is 0 Å². The second-order valence-corrected chi connectivity index (χ2v) is 14.1. The molecular formula is C28H57O8PS. The molecule has 0 saturated heterocycles. The Morgan fingerprint density at radius 3 is 1.76 bits per heavy atom. The van der Waals surface area contributed by atoms with E-state index in [4.69, 9.17) is 14.6 Å². The van der Waals surface area contributed by atoms with Crippen molar-refractivity contribution in [1.29, 1.82) is 0 Å². The third kappa shape index (κ3) is 18.0. The van der Waals surface area contributed by atoms with Crippen molar-refractivity contribution in [3.63, 3.8) is 0 Å². The van der Waals surface area contributed by atoms with Crippen LogP contribution in [-0.4, -0.2) is 60.4 Å². The Kier molecular flexibility index (Phi) is 23.0. The Labute approximate surface area is 233 Å². The summed E-state index contributed by atoms with van der Waals surface area (Å²) in [5, 5.41) is 16.0. The van der Waals surface area contributed by atoms with E-state index in [1.165, 1.54) is 44.9 Å². The molecule has 0 bridgehead atoms. The summed E-state index contributed by atoms with van der Waals surface area (Å²) in [5.74, 6) is -1.40. The van der Waals surface area contributed by atoms with Crippen molar-refractivity contribution in [2.24, 2.45) is 0 Å². The number of hydrogen-bond acceptors (Lipinski definition) is 7. The summed E-state index contributed by atoms with van der Waals surface area (Å²) >= 11 is 0. The first-order chi connectivity index (χ1) is 18.2. The van der Waals surface area contributed by atoms with E-state index in [9.17, 15) is 22.9 Å². The molecule has 0 aliphatic rings. The molecule has 0 aliphatic heterocycles. The van der Waals surface area contributed by atoms with E-state index in [1.807, 2.05) is 0 Å². The molecule has 0 aliphatic carbocycles. The molecule has 0 aromatic rings. The number of aliphatic carboxylic acids is 1. The van der Waals surface area contributed by atoms with Crippen LogP contribution in [0.2, 0.25) is 0 Å². The highest BCUT2D eigenvalue weighted by Gasteiger charge is 2.36. The van der Waals surface area contributed by atoms with Gasteiger partial charge < -0.3 is 24.3 Å². The molecule has 0 radical (unpaired) electrons. The first-order valence-corrected chi connectivity index (χ1v) is 17.8. The second kappa shape index (κ2) is 23.3. The maximum Gasteiger partial charge on any atom is 0.345 e. The molecule has 0 heterocycles. The Balaban J connectivity index is 4.67. The first kappa shape index (κ1) is 37.5. The van der Waals surface area contributed by atoms with Crippen LogP contribution < -0.4 is 0 Å². The number of hydrogen-bond donors (Lipinski definition) is 2. The lowest BCUT2D eigenvalue weighted by molar-refractivity contribution is -0.178. The third-order valence-corrected chi connectivity index (χ3v) is 10.2. The van der Waals surface area contributed by atoms with Crippen LogP contribution in [0, 0.1) is 0 Å². The van der Waals surface area contributed by atoms with E-state index in [1.54, 1.807) is 6.92 Å². The fourth-order valence-electron chi connectivity index (χ4n) is 4.42. The smallest absolute Gasteiger partial charge is 0.345 e. The quantitative estimate of drug-likeness (QED) is 0.0588. The lowest BCUT2D eigenvalue weighted by Crippen LogP contribution is -2.39. The van der Waals surface area contributed by atoms with Gasteiger partial charge in [0.05, 0.1) is 24.2 Å². The lowest BCUT2D eigenvalue weighted by atomic mass is 10.1. The van der Waals surface area contributed by atoms with E-state index in [2.05, 4.69) is 13.8 Å². The molecular weight excluding hydrogens is 527 g/mol. The number of carboxylic acid groups (broad SMARTS) is 1. The Hall–Kier alpha value is -0.470. The van der Waals surface area contributed by atoms with Crippen molar-refractivity contribution in [1.82, 2.24) is 0 Å². The van der Waals surface area contributed by atoms with Gasteiger partial charge in [0.15, 0.2) is 16.1 Å². The average Bonchev–Trinajstić information content (AvgIpc) is 2.89. The van der Waals surface area contributed by atoms with Crippen molar-refractivity contribution in [3.05, 3.63) is 0 Å². The largest absolute Gasteiger partial charge is 0.479 e. The minimum absolute atomic E-state index is 0.158. The molecule has 4 atom stereocenters. The highest BCUT2D eigenvalue weighted by molar-refractivity contribution is 7.92. The van der Waals surface area contributed by atoms with Gasteiger partial charge in [-0.2, -0.15) is 0 Å². The monoisotopic (exact) mass is 584 g/mol. The van der Waals surface area contributed by atoms with Crippen molar-refractivity contribution < 1.29 is 37.5 Å². The molecule has 0 fully saturated rings. The van der Waals surface area contributed by atoms with Crippen molar-refractivity contribution >= 4 is 24.3 Å². The van der Waals surface area contributed by atoms with Crippen LogP contribution in [0.25, 0.3) is 0 Å². The Morgan fingerprint density at radius 1 is 0.789 bits per heavy atom. The minimum Gasteiger partial charge on any atom is -0.479 e. The average molecular weight is 585 g/mol. The minimum atomic E-state index is -3.25. The van der Waals surface area contributed by atoms with Gasteiger partial charge in [-0.3, -0.25) is 0 Å². The number of sulfone groups is 1.